The van der Waals surface area contributed by atoms with E-state index < -0.39 is 0 Å². The number of rotatable bonds is 9. The van der Waals surface area contributed by atoms with E-state index in [1.54, 1.807) is 0 Å². The van der Waals surface area contributed by atoms with Gasteiger partial charge in [-0.05, 0) is 12.0 Å². The van der Waals surface area contributed by atoms with Crippen LogP contribution in [0.1, 0.15) is 38.2 Å². The Bertz CT molecular complexity index is 481. The number of hydrogen-bond donors (Lipinski definition) is 2. The fourth-order valence-electron chi connectivity index (χ4n) is 3.08. The predicted octanol–water partition coefficient (Wildman–Crippen LogP) is 1.91. The fraction of sp³-hybridized carbons (Fsp3) is 0.632. The standard InChI is InChI=1S/C19H31N3O2/c1-2-3-9-17(13-20)21-19(23)12-18-15-22(10-11-24-18)14-16-7-5-4-6-8-16/h4-8,17-18H,2-3,9-15,20H2,1H3,(H,21,23). The number of ether oxygens (including phenoxy) is 1. The Morgan fingerprint density at radius 2 is 2.21 bits per heavy atom. The highest BCUT2D eigenvalue weighted by Crippen LogP contribution is 2.13. The van der Waals surface area contributed by atoms with Gasteiger partial charge >= 0.3 is 0 Å². The molecule has 0 radical (unpaired) electrons. The van der Waals surface area contributed by atoms with Gasteiger partial charge in [-0.25, -0.2) is 0 Å². The largest absolute Gasteiger partial charge is 0.375 e. The first-order chi connectivity index (χ1) is 11.7. The molecule has 2 rings (SSSR count). The molecule has 5 nitrogen and oxygen atoms in total. The molecule has 1 aliphatic rings. The number of benzene rings is 1. The third-order valence-electron chi connectivity index (χ3n) is 4.44. The highest BCUT2D eigenvalue weighted by Gasteiger charge is 2.23. The third-order valence-corrected chi connectivity index (χ3v) is 4.44. The lowest BCUT2D eigenvalue weighted by atomic mass is 10.1. The molecule has 1 heterocycles. The molecule has 1 fully saturated rings. The SMILES string of the molecule is CCCCC(CN)NC(=O)CC1CN(Cc2ccccc2)CCO1. The van der Waals surface area contributed by atoms with Gasteiger partial charge in [-0.15, -0.1) is 0 Å². The van der Waals surface area contributed by atoms with Crippen LogP contribution in [0.15, 0.2) is 30.3 Å². The molecule has 1 aromatic rings. The Kier molecular flexibility index (Phi) is 8.22. The summed E-state index contributed by atoms with van der Waals surface area (Å²) in [6.45, 7) is 5.94. The van der Waals surface area contributed by atoms with Crippen molar-refractivity contribution in [2.24, 2.45) is 5.73 Å². The van der Waals surface area contributed by atoms with Crippen molar-refractivity contribution in [1.29, 1.82) is 0 Å². The number of nitrogens with two attached hydrogens (primary N) is 1. The lowest BCUT2D eigenvalue weighted by Gasteiger charge is -2.33. The Morgan fingerprint density at radius 1 is 1.42 bits per heavy atom. The van der Waals surface area contributed by atoms with E-state index in [9.17, 15) is 4.79 Å². The van der Waals surface area contributed by atoms with E-state index in [0.29, 0.717) is 19.6 Å². The summed E-state index contributed by atoms with van der Waals surface area (Å²) in [4.78, 5) is 14.6. The zero-order valence-corrected chi connectivity index (χ0v) is 14.7. The van der Waals surface area contributed by atoms with Crippen LogP contribution in [0, 0.1) is 0 Å². The van der Waals surface area contributed by atoms with Crippen LogP contribution in [0.3, 0.4) is 0 Å². The van der Waals surface area contributed by atoms with Gasteiger partial charge in [0, 0.05) is 32.2 Å². The molecule has 134 valence electrons. The molecule has 1 amide bonds. The third kappa shape index (κ3) is 6.59. The van der Waals surface area contributed by atoms with Gasteiger partial charge in [0.1, 0.15) is 0 Å². The number of nitrogens with zero attached hydrogens (tertiary/aromatic N) is 1. The summed E-state index contributed by atoms with van der Waals surface area (Å²) >= 11 is 0. The maximum atomic E-state index is 12.2. The zero-order valence-electron chi connectivity index (χ0n) is 14.7. The number of nitrogens with one attached hydrogen (secondary N) is 1. The van der Waals surface area contributed by atoms with Gasteiger partial charge in [-0.1, -0.05) is 50.1 Å². The summed E-state index contributed by atoms with van der Waals surface area (Å²) in [5.41, 5.74) is 7.05. The van der Waals surface area contributed by atoms with Crippen molar-refractivity contribution in [3.05, 3.63) is 35.9 Å². The number of carbonyl (C=O) groups excluding carboxylic acids is 1. The zero-order chi connectivity index (χ0) is 17.2. The fourth-order valence-corrected chi connectivity index (χ4v) is 3.08. The van der Waals surface area contributed by atoms with Crippen molar-refractivity contribution in [2.45, 2.75) is 51.3 Å². The lowest BCUT2D eigenvalue weighted by Crippen LogP contribution is -2.46. The Morgan fingerprint density at radius 3 is 2.92 bits per heavy atom. The molecule has 0 bridgehead atoms. The van der Waals surface area contributed by atoms with E-state index in [0.717, 1.165) is 38.9 Å². The van der Waals surface area contributed by atoms with Crippen molar-refractivity contribution in [3.8, 4) is 0 Å². The summed E-state index contributed by atoms with van der Waals surface area (Å²) in [6, 6.07) is 10.5. The molecule has 0 saturated carbocycles. The van der Waals surface area contributed by atoms with Gasteiger partial charge in [0.2, 0.25) is 5.91 Å². The van der Waals surface area contributed by atoms with Crippen LogP contribution >= 0.6 is 0 Å². The molecule has 24 heavy (non-hydrogen) atoms. The molecule has 1 aromatic carbocycles. The Labute approximate surface area is 145 Å². The van der Waals surface area contributed by atoms with Crippen molar-refractivity contribution in [3.63, 3.8) is 0 Å². The first-order valence-electron chi connectivity index (χ1n) is 9.08. The molecule has 1 aliphatic heterocycles. The molecule has 3 N–H and O–H groups in total. The summed E-state index contributed by atoms with van der Waals surface area (Å²) in [6.07, 6.45) is 3.53. The number of unbranched alkanes of at least 4 members (excludes halogenated alkanes) is 1. The van der Waals surface area contributed by atoms with Gasteiger partial charge in [0.25, 0.3) is 0 Å². The minimum absolute atomic E-state index is 0.0351. The molecule has 2 unspecified atom stereocenters. The Hall–Kier alpha value is -1.43. The first-order valence-corrected chi connectivity index (χ1v) is 9.08. The van der Waals surface area contributed by atoms with Crippen molar-refractivity contribution >= 4 is 5.91 Å². The van der Waals surface area contributed by atoms with E-state index in [4.69, 9.17) is 10.5 Å². The van der Waals surface area contributed by atoms with Crippen LogP contribution in [0.25, 0.3) is 0 Å². The normalized spacial score (nSPS) is 19.8. The first kappa shape index (κ1) is 18.9. The average molecular weight is 333 g/mol. The molecule has 2 atom stereocenters. The van der Waals surface area contributed by atoms with Crippen LogP contribution in [0.2, 0.25) is 0 Å². The summed E-state index contributed by atoms with van der Waals surface area (Å²) < 4.78 is 5.78. The minimum Gasteiger partial charge on any atom is -0.375 e. The summed E-state index contributed by atoms with van der Waals surface area (Å²) in [5, 5.41) is 3.05. The molecule has 0 aromatic heterocycles. The van der Waals surface area contributed by atoms with Crippen molar-refractivity contribution in [2.75, 3.05) is 26.2 Å². The average Bonchev–Trinajstić information content (AvgIpc) is 2.59. The Balaban J connectivity index is 1.76. The van der Waals surface area contributed by atoms with Crippen molar-refractivity contribution in [1.82, 2.24) is 10.2 Å². The molecule has 0 aliphatic carbocycles. The van der Waals surface area contributed by atoms with E-state index in [1.165, 1.54) is 5.56 Å². The smallest absolute Gasteiger partial charge is 0.222 e. The van der Waals surface area contributed by atoms with Gasteiger partial charge in [0.15, 0.2) is 0 Å². The van der Waals surface area contributed by atoms with Crippen LogP contribution in [0.5, 0.6) is 0 Å². The molecular formula is C19H31N3O2. The van der Waals surface area contributed by atoms with Crippen LogP contribution in [0.4, 0.5) is 0 Å². The van der Waals surface area contributed by atoms with Gasteiger partial charge < -0.3 is 15.8 Å². The van der Waals surface area contributed by atoms with Gasteiger partial charge in [-0.2, -0.15) is 0 Å². The van der Waals surface area contributed by atoms with E-state index >= 15 is 0 Å². The van der Waals surface area contributed by atoms with Crippen molar-refractivity contribution < 1.29 is 9.53 Å². The maximum Gasteiger partial charge on any atom is 0.222 e. The summed E-state index contributed by atoms with van der Waals surface area (Å²) in [5.74, 6) is 0.0492. The van der Waals surface area contributed by atoms with Gasteiger partial charge in [0.05, 0.1) is 19.1 Å². The van der Waals surface area contributed by atoms with E-state index in [2.05, 4.69) is 41.4 Å². The number of amides is 1. The topological polar surface area (TPSA) is 67.6 Å². The second-order valence-electron chi connectivity index (χ2n) is 6.56. The minimum atomic E-state index is -0.0351. The van der Waals surface area contributed by atoms with Crippen LogP contribution < -0.4 is 11.1 Å². The second-order valence-corrected chi connectivity index (χ2v) is 6.56. The van der Waals surface area contributed by atoms with Gasteiger partial charge in [-0.3, -0.25) is 9.69 Å². The molecule has 5 heteroatoms. The molecule has 1 saturated heterocycles. The number of morpholine rings is 1. The van der Waals surface area contributed by atoms with E-state index in [-0.39, 0.29) is 18.1 Å². The predicted molar refractivity (Wildman–Crippen MR) is 96.6 cm³/mol. The monoisotopic (exact) mass is 333 g/mol. The maximum absolute atomic E-state index is 12.2. The number of carbonyl (C=O) groups is 1. The lowest BCUT2D eigenvalue weighted by molar-refractivity contribution is -0.126. The van der Waals surface area contributed by atoms with Crippen LogP contribution in [-0.4, -0.2) is 49.2 Å². The highest BCUT2D eigenvalue weighted by molar-refractivity contribution is 5.76. The van der Waals surface area contributed by atoms with Crippen LogP contribution in [-0.2, 0) is 16.1 Å². The highest BCUT2D eigenvalue weighted by atomic mass is 16.5. The second kappa shape index (κ2) is 10.4. The van der Waals surface area contributed by atoms with E-state index in [1.807, 2.05) is 6.07 Å². The molecule has 0 spiro atoms. The quantitative estimate of drug-likeness (QED) is 0.724. The summed E-state index contributed by atoms with van der Waals surface area (Å²) in [7, 11) is 0. The molecular weight excluding hydrogens is 302 g/mol. The number of hydrogen-bond acceptors (Lipinski definition) is 4.